The molecular formula is C16H22N2O. The van der Waals surface area contributed by atoms with E-state index in [4.69, 9.17) is 9.72 Å². The van der Waals surface area contributed by atoms with Crippen molar-refractivity contribution < 1.29 is 4.74 Å². The molecular weight excluding hydrogens is 236 g/mol. The summed E-state index contributed by atoms with van der Waals surface area (Å²) in [6.45, 7) is 4.73. The highest BCUT2D eigenvalue weighted by Crippen LogP contribution is 2.46. The van der Waals surface area contributed by atoms with Crippen molar-refractivity contribution in [3.8, 4) is 5.75 Å². The lowest BCUT2D eigenvalue weighted by Crippen LogP contribution is -2.26. The minimum absolute atomic E-state index is 0.343. The van der Waals surface area contributed by atoms with E-state index in [9.17, 15) is 0 Å². The molecule has 1 saturated carbocycles. The fourth-order valence-corrected chi connectivity index (χ4v) is 3.30. The third kappa shape index (κ3) is 2.22. The largest absolute Gasteiger partial charge is 0.497 e. The Morgan fingerprint density at radius 1 is 1.32 bits per heavy atom. The smallest absolute Gasteiger partial charge is 0.121 e. The zero-order valence-corrected chi connectivity index (χ0v) is 12.0. The molecule has 1 N–H and O–H groups in total. The lowest BCUT2D eigenvalue weighted by Gasteiger charge is -2.37. The number of rotatable bonds is 2. The number of aromatic nitrogens is 2. The van der Waals surface area contributed by atoms with Gasteiger partial charge in [-0.25, -0.2) is 4.98 Å². The third-order valence-corrected chi connectivity index (χ3v) is 4.54. The van der Waals surface area contributed by atoms with Gasteiger partial charge in [-0.15, -0.1) is 0 Å². The molecule has 0 spiro atoms. The Kier molecular flexibility index (Phi) is 3.00. The van der Waals surface area contributed by atoms with Crippen LogP contribution in [0.2, 0.25) is 0 Å². The molecule has 1 aromatic heterocycles. The number of hydrogen-bond acceptors (Lipinski definition) is 2. The Bertz CT molecular complexity index is 585. The molecule has 1 aliphatic rings. The van der Waals surface area contributed by atoms with Gasteiger partial charge in [0.25, 0.3) is 0 Å². The number of ether oxygens (including phenoxy) is 1. The fourth-order valence-electron chi connectivity index (χ4n) is 3.30. The van der Waals surface area contributed by atoms with Crippen molar-refractivity contribution in [2.75, 3.05) is 7.11 Å². The summed E-state index contributed by atoms with van der Waals surface area (Å²) in [4.78, 5) is 8.30. The van der Waals surface area contributed by atoms with Gasteiger partial charge in [-0.2, -0.15) is 0 Å². The van der Waals surface area contributed by atoms with E-state index in [-0.39, 0.29) is 0 Å². The second-order valence-electron chi connectivity index (χ2n) is 6.29. The van der Waals surface area contributed by atoms with Crippen LogP contribution in [0.4, 0.5) is 0 Å². The number of nitrogens with zero attached hydrogens (tertiary/aromatic N) is 1. The van der Waals surface area contributed by atoms with Crippen LogP contribution in [0, 0.1) is 5.41 Å². The van der Waals surface area contributed by atoms with Gasteiger partial charge in [0.05, 0.1) is 18.1 Å². The Hall–Kier alpha value is -1.51. The molecule has 1 fully saturated rings. The van der Waals surface area contributed by atoms with Crippen LogP contribution in [0.15, 0.2) is 18.2 Å². The fraction of sp³-hybridized carbons (Fsp3) is 0.562. The summed E-state index contributed by atoms with van der Waals surface area (Å²) in [7, 11) is 1.70. The second-order valence-corrected chi connectivity index (χ2v) is 6.29. The summed E-state index contributed by atoms with van der Waals surface area (Å²) < 4.78 is 5.27. The highest BCUT2D eigenvalue weighted by atomic mass is 16.5. The number of imidazole rings is 1. The Balaban J connectivity index is 2.00. The van der Waals surface area contributed by atoms with Crippen molar-refractivity contribution >= 4 is 11.0 Å². The number of benzene rings is 1. The average molecular weight is 258 g/mol. The SMILES string of the molecule is COc1ccc2nc(C3CCCCC3(C)C)[nH]c2c1. The van der Waals surface area contributed by atoms with E-state index >= 15 is 0 Å². The van der Waals surface area contributed by atoms with E-state index < -0.39 is 0 Å². The highest BCUT2D eigenvalue weighted by Gasteiger charge is 2.35. The quantitative estimate of drug-likeness (QED) is 0.874. The molecule has 3 nitrogen and oxygen atoms in total. The maximum Gasteiger partial charge on any atom is 0.121 e. The van der Waals surface area contributed by atoms with Gasteiger partial charge in [-0.1, -0.05) is 26.7 Å². The van der Waals surface area contributed by atoms with Crippen LogP contribution in [0.3, 0.4) is 0 Å². The molecule has 0 aliphatic heterocycles. The third-order valence-electron chi connectivity index (χ3n) is 4.54. The Labute approximate surface area is 114 Å². The molecule has 1 atom stereocenters. The van der Waals surface area contributed by atoms with E-state index in [0.717, 1.165) is 22.6 Å². The molecule has 1 unspecified atom stereocenters. The lowest BCUT2D eigenvalue weighted by molar-refractivity contribution is 0.193. The van der Waals surface area contributed by atoms with E-state index in [2.05, 4.69) is 18.8 Å². The van der Waals surface area contributed by atoms with Crippen molar-refractivity contribution in [3.63, 3.8) is 0 Å². The first kappa shape index (κ1) is 12.5. The topological polar surface area (TPSA) is 37.9 Å². The maximum absolute atomic E-state index is 5.27. The van der Waals surface area contributed by atoms with Gasteiger partial charge in [-0.3, -0.25) is 0 Å². The van der Waals surface area contributed by atoms with Gasteiger partial charge >= 0.3 is 0 Å². The molecule has 1 aromatic carbocycles. The zero-order chi connectivity index (χ0) is 13.5. The molecule has 0 saturated heterocycles. The molecule has 0 radical (unpaired) electrons. The highest BCUT2D eigenvalue weighted by molar-refractivity contribution is 5.76. The van der Waals surface area contributed by atoms with Crippen LogP contribution in [0.1, 0.15) is 51.3 Å². The summed E-state index contributed by atoms with van der Waals surface area (Å²) in [5.41, 5.74) is 2.46. The predicted octanol–water partition coefficient (Wildman–Crippen LogP) is 4.26. The summed E-state index contributed by atoms with van der Waals surface area (Å²) in [5, 5.41) is 0. The Morgan fingerprint density at radius 3 is 2.89 bits per heavy atom. The average Bonchev–Trinajstić information content (AvgIpc) is 2.80. The van der Waals surface area contributed by atoms with Gasteiger partial charge in [-0.05, 0) is 30.4 Å². The Morgan fingerprint density at radius 2 is 2.16 bits per heavy atom. The normalized spacial score (nSPS) is 22.6. The molecule has 0 bridgehead atoms. The minimum Gasteiger partial charge on any atom is -0.497 e. The first-order valence-electron chi connectivity index (χ1n) is 7.14. The molecule has 1 aliphatic carbocycles. The zero-order valence-electron chi connectivity index (χ0n) is 12.0. The number of aromatic amines is 1. The number of hydrogen-bond donors (Lipinski definition) is 1. The van der Waals surface area contributed by atoms with E-state index in [1.165, 1.54) is 25.7 Å². The minimum atomic E-state index is 0.343. The van der Waals surface area contributed by atoms with E-state index in [1.54, 1.807) is 7.11 Å². The van der Waals surface area contributed by atoms with Gasteiger partial charge < -0.3 is 9.72 Å². The predicted molar refractivity (Wildman–Crippen MR) is 77.6 cm³/mol. The maximum atomic E-state index is 5.27. The van der Waals surface area contributed by atoms with Gasteiger partial charge in [0.2, 0.25) is 0 Å². The number of nitrogens with one attached hydrogen (secondary N) is 1. The molecule has 19 heavy (non-hydrogen) atoms. The number of H-pyrrole nitrogens is 1. The van der Waals surface area contributed by atoms with Crippen LogP contribution in [-0.4, -0.2) is 17.1 Å². The van der Waals surface area contributed by atoms with Crippen molar-refractivity contribution in [2.45, 2.75) is 45.4 Å². The first-order chi connectivity index (χ1) is 9.10. The van der Waals surface area contributed by atoms with Gasteiger partial charge in [0.1, 0.15) is 11.6 Å². The van der Waals surface area contributed by atoms with Crippen LogP contribution in [0.25, 0.3) is 11.0 Å². The summed E-state index contributed by atoms with van der Waals surface area (Å²) in [6, 6.07) is 6.03. The molecule has 0 amide bonds. The van der Waals surface area contributed by atoms with E-state index in [1.807, 2.05) is 18.2 Å². The van der Waals surface area contributed by atoms with Crippen LogP contribution in [-0.2, 0) is 0 Å². The van der Waals surface area contributed by atoms with Crippen LogP contribution in [0.5, 0.6) is 5.75 Å². The van der Waals surface area contributed by atoms with Crippen LogP contribution < -0.4 is 4.74 Å². The van der Waals surface area contributed by atoms with Gasteiger partial charge in [0.15, 0.2) is 0 Å². The summed E-state index contributed by atoms with van der Waals surface area (Å²) in [6.07, 6.45) is 5.19. The van der Waals surface area contributed by atoms with Crippen molar-refractivity contribution in [3.05, 3.63) is 24.0 Å². The number of fused-ring (bicyclic) bond motifs is 1. The van der Waals surface area contributed by atoms with Crippen molar-refractivity contribution in [1.82, 2.24) is 9.97 Å². The van der Waals surface area contributed by atoms with Crippen molar-refractivity contribution in [2.24, 2.45) is 5.41 Å². The molecule has 3 rings (SSSR count). The monoisotopic (exact) mass is 258 g/mol. The first-order valence-corrected chi connectivity index (χ1v) is 7.14. The molecule has 2 aromatic rings. The standard InChI is InChI=1S/C16H22N2O/c1-16(2)9-5-4-6-12(16)15-17-13-8-7-11(19-3)10-14(13)18-15/h7-8,10,12H,4-6,9H2,1-3H3,(H,17,18). The molecule has 102 valence electrons. The lowest BCUT2D eigenvalue weighted by atomic mass is 9.68. The van der Waals surface area contributed by atoms with Gasteiger partial charge in [0, 0.05) is 12.0 Å². The molecule has 3 heteroatoms. The summed E-state index contributed by atoms with van der Waals surface area (Å²) >= 11 is 0. The number of methoxy groups -OCH3 is 1. The van der Waals surface area contributed by atoms with Crippen molar-refractivity contribution in [1.29, 1.82) is 0 Å². The molecule has 1 heterocycles. The summed E-state index contributed by atoms with van der Waals surface area (Å²) in [5.74, 6) is 2.57. The van der Waals surface area contributed by atoms with E-state index in [0.29, 0.717) is 11.3 Å². The second kappa shape index (κ2) is 4.55. The van der Waals surface area contributed by atoms with Crippen LogP contribution >= 0.6 is 0 Å².